The van der Waals surface area contributed by atoms with Gasteiger partial charge in [0.2, 0.25) is 0 Å². The molecule has 3 rings (SSSR count). The van der Waals surface area contributed by atoms with Crippen LogP contribution in [0.25, 0.3) is 0 Å². The summed E-state index contributed by atoms with van der Waals surface area (Å²) in [5, 5.41) is 6.31. The fourth-order valence-corrected chi connectivity index (χ4v) is 3.04. The van der Waals surface area contributed by atoms with Crippen molar-refractivity contribution in [3.63, 3.8) is 0 Å². The van der Waals surface area contributed by atoms with Gasteiger partial charge >= 0.3 is 0 Å². The maximum atomic E-state index is 13.2. The zero-order valence-electron chi connectivity index (χ0n) is 13.5. The summed E-state index contributed by atoms with van der Waals surface area (Å²) in [6, 6.07) is 9.92. The third kappa shape index (κ3) is 4.41. The van der Waals surface area contributed by atoms with Crippen molar-refractivity contribution in [1.82, 2.24) is 4.98 Å². The van der Waals surface area contributed by atoms with Crippen LogP contribution in [0.1, 0.15) is 11.1 Å². The lowest BCUT2D eigenvalue weighted by atomic mass is 10.1. The van der Waals surface area contributed by atoms with E-state index >= 15 is 0 Å². The maximum absolute atomic E-state index is 13.2. The molecule has 0 unspecified atom stereocenters. The predicted molar refractivity (Wildman–Crippen MR) is 98.2 cm³/mol. The molecule has 3 aromatic rings. The number of anilines is 1. The Bertz CT molecular complexity index is 843. The lowest BCUT2D eigenvalue weighted by Crippen LogP contribution is -2.05. The highest BCUT2D eigenvalue weighted by Crippen LogP contribution is 2.33. The SMILES string of the molecule is COc1cccc(CNc2nccs2)c1OCc1ccc(F)cc1Cl. The van der Waals surface area contributed by atoms with Gasteiger partial charge in [-0.1, -0.05) is 29.8 Å². The van der Waals surface area contributed by atoms with Crippen molar-refractivity contribution in [2.45, 2.75) is 13.2 Å². The molecule has 0 saturated carbocycles. The van der Waals surface area contributed by atoms with Gasteiger partial charge in [-0.2, -0.15) is 0 Å². The third-order valence-electron chi connectivity index (χ3n) is 3.53. The summed E-state index contributed by atoms with van der Waals surface area (Å²) in [6.45, 7) is 0.751. The summed E-state index contributed by atoms with van der Waals surface area (Å²) in [7, 11) is 1.59. The quantitative estimate of drug-likeness (QED) is 0.618. The van der Waals surface area contributed by atoms with E-state index in [9.17, 15) is 4.39 Å². The number of benzene rings is 2. The van der Waals surface area contributed by atoms with Crippen molar-refractivity contribution in [3.05, 3.63) is 69.9 Å². The number of halogens is 2. The van der Waals surface area contributed by atoms with Crippen LogP contribution in [0.2, 0.25) is 5.02 Å². The highest BCUT2D eigenvalue weighted by molar-refractivity contribution is 7.13. The normalized spacial score (nSPS) is 10.5. The van der Waals surface area contributed by atoms with E-state index in [0.717, 1.165) is 10.7 Å². The van der Waals surface area contributed by atoms with Crippen molar-refractivity contribution in [1.29, 1.82) is 0 Å². The molecule has 0 aliphatic rings. The number of aromatic nitrogens is 1. The summed E-state index contributed by atoms with van der Waals surface area (Å²) < 4.78 is 24.5. The van der Waals surface area contributed by atoms with Gasteiger partial charge in [0, 0.05) is 29.2 Å². The summed E-state index contributed by atoms with van der Waals surface area (Å²) in [6.07, 6.45) is 1.74. The molecule has 0 fully saturated rings. The highest BCUT2D eigenvalue weighted by atomic mass is 35.5. The summed E-state index contributed by atoms with van der Waals surface area (Å²) in [5.74, 6) is 0.866. The molecule has 0 aliphatic carbocycles. The van der Waals surface area contributed by atoms with E-state index in [-0.39, 0.29) is 12.4 Å². The first-order chi connectivity index (χ1) is 12.2. The molecule has 0 bridgehead atoms. The molecule has 0 radical (unpaired) electrons. The minimum absolute atomic E-state index is 0.212. The number of ether oxygens (including phenoxy) is 2. The van der Waals surface area contributed by atoms with Crippen LogP contribution in [-0.4, -0.2) is 12.1 Å². The number of hydrogen-bond acceptors (Lipinski definition) is 5. The zero-order valence-corrected chi connectivity index (χ0v) is 15.0. The zero-order chi connectivity index (χ0) is 17.6. The molecule has 25 heavy (non-hydrogen) atoms. The fraction of sp³-hybridized carbons (Fsp3) is 0.167. The van der Waals surface area contributed by atoms with Gasteiger partial charge < -0.3 is 14.8 Å². The van der Waals surface area contributed by atoms with E-state index in [1.165, 1.54) is 23.5 Å². The summed E-state index contributed by atoms with van der Waals surface area (Å²) in [5.41, 5.74) is 1.63. The van der Waals surface area contributed by atoms with Gasteiger partial charge in [0.1, 0.15) is 12.4 Å². The van der Waals surface area contributed by atoms with Crippen LogP contribution in [-0.2, 0) is 13.2 Å². The molecule has 4 nitrogen and oxygen atoms in total. The largest absolute Gasteiger partial charge is 0.493 e. The first-order valence-corrected chi connectivity index (χ1v) is 8.79. The molecule has 0 saturated heterocycles. The first-order valence-electron chi connectivity index (χ1n) is 7.53. The van der Waals surface area contributed by atoms with E-state index in [0.29, 0.717) is 28.6 Å². The Balaban J connectivity index is 1.78. The monoisotopic (exact) mass is 378 g/mol. The lowest BCUT2D eigenvalue weighted by Gasteiger charge is -2.16. The minimum Gasteiger partial charge on any atom is -0.493 e. The van der Waals surface area contributed by atoms with Crippen molar-refractivity contribution in [3.8, 4) is 11.5 Å². The average Bonchev–Trinajstić information content (AvgIpc) is 3.13. The van der Waals surface area contributed by atoms with Crippen LogP contribution in [0.4, 0.5) is 9.52 Å². The van der Waals surface area contributed by atoms with Crippen molar-refractivity contribution >= 4 is 28.1 Å². The molecule has 7 heteroatoms. The first kappa shape index (κ1) is 17.5. The average molecular weight is 379 g/mol. The van der Waals surface area contributed by atoms with Gasteiger partial charge in [0.25, 0.3) is 0 Å². The van der Waals surface area contributed by atoms with Crippen molar-refractivity contribution in [2.75, 3.05) is 12.4 Å². The second kappa shape index (κ2) is 8.18. The molecular formula is C18H16ClFN2O2S. The Morgan fingerprint density at radius 2 is 2.12 bits per heavy atom. The van der Waals surface area contributed by atoms with Crippen LogP contribution in [0.5, 0.6) is 11.5 Å². The number of thiazole rings is 1. The van der Waals surface area contributed by atoms with Crippen LogP contribution in [0, 0.1) is 5.82 Å². The smallest absolute Gasteiger partial charge is 0.182 e. The van der Waals surface area contributed by atoms with Crippen LogP contribution < -0.4 is 14.8 Å². The number of rotatable bonds is 7. The van der Waals surface area contributed by atoms with Gasteiger partial charge in [0.15, 0.2) is 16.6 Å². The molecule has 1 aromatic heterocycles. The summed E-state index contributed by atoms with van der Waals surface area (Å²) in [4.78, 5) is 4.20. The van der Waals surface area contributed by atoms with Gasteiger partial charge in [0.05, 0.1) is 12.1 Å². The van der Waals surface area contributed by atoms with E-state index in [1.807, 2.05) is 23.6 Å². The van der Waals surface area contributed by atoms with Crippen LogP contribution in [0.3, 0.4) is 0 Å². The van der Waals surface area contributed by atoms with Crippen LogP contribution in [0.15, 0.2) is 48.0 Å². The van der Waals surface area contributed by atoms with Gasteiger partial charge in [-0.15, -0.1) is 11.3 Å². The second-order valence-corrected chi connectivity index (χ2v) is 6.47. The molecule has 0 atom stereocenters. The predicted octanol–water partition coefficient (Wildman–Crippen LogP) is 5.14. The van der Waals surface area contributed by atoms with Crippen molar-refractivity contribution in [2.24, 2.45) is 0 Å². The van der Waals surface area contributed by atoms with E-state index in [1.54, 1.807) is 19.4 Å². The Morgan fingerprint density at radius 1 is 1.24 bits per heavy atom. The Hall–Kier alpha value is -2.31. The third-order valence-corrected chi connectivity index (χ3v) is 4.61. The number of nitrogens with one attached hydrogen (secondary N) is 1. The van der Waals surface area contributed by atoms with Gasteiger partial charge in [-0.3, -0.25) is 0 Å². The van der Waals surface area contributed by atoms with Crippen LogP contribution >= 0.6 is 22.9 Å². The molecule has 0 amide bonds. The maximum Gasteiger partial charge on any atom is 0.182 e. The Morgan fingerprint density at radius 3 is 2.84 bits per heavy atom. The second-order valence-electron chi connectivity index (χ2n) is 5.16. The molecule has 0 spiro atoms. The number of methoxy groups -OCH3 is 1. The highest BCUT2D eigenvalue weighted by Gasteiger charge is 2.12. The number of nitrogens with zero attached hydrogens (tertiary/aromatic N) is 1. The van der Waals surface area contributed by atoms with E-state index in [4.69, 9.17) is 21.1 Å². The number of para-hydroxylation sites is 1. The Kier molecular flexibility index (Phi) is 5.73. The molecule has 130 valence electrons. The van der Waals surface area contributed by atoms with Crippen molar-refractivity contribution < 1.29 is 13.9 Å². The van der Waals surface area contributed by atoms with E-state index in [2.05, 4.69) is 10.3 Å². The molecule has 1 N–H and O–H groups in total. The summed E-state index contributed by atoms with van der Waals surface area (Å²) >= 11 is 7.59. The lowest BCUT2D eigenvalue weighted by molar-refractivity contribution is 0.281. The van der Waals surface area contributed by atoms with E-state index < -0.39 is 0 Å². The molecule has 1 heterocycles. The molecular weight excluding hydrogens is 363 g/mol. The fourth-order valence-electron chi connectivity index (χ4n) is 2.30. The van der Waals surface area contributed by atoms with Gasteiger partial charge in [-0.25, -0.2) is 9.37 Å². The number of hydrogen-bond donors (Lipinski definition) is 1. The minimum atomic E-state index is -0.376. The topological polar surface area (TPSA) is 43.4 Å². The standard InChI is InChI=1S/C18H16ClFN2O2S/c1-23-16-4-2-3-12(10-22-18-21-7-8-25-18)17(16)24-11-13-5-6-14(20)9-15(13)19/h2-9H,10-11H2,1H3,(H,21,22). The van der Waals surface area contributed by atoms with Gasteiger partial charge in [-0.05, 0) is 18.2 Å². The molecule has 0 aliphatic heterocycles. The molecule has 2 aromatic carbocycles. The Labute approximate surface area is 154 Å².